The fraction of sp³-hybridized carbons (Fsp3) is 0.0714. The third kappa shape index (κ3) is 3.63. The summed E-state index contributed by atoms with van der Waals surface area (Å²) in [6, 6.07) is 12.0. The van der Waals surface area contributed by atoms with Gasteiger partial charge in [-0.15, -0.1) is 11.6 Å². The number of hydrogen-bond acceptors (Lipinski definition) is 1. The van der Waals surface area contributed by atoms with Crippen LogP contribution in [0.3, 0.4) is 0 Å². The van der Waals surface area contributed by atoms with Gasteiger partial charge in [0.15, 0.2) is 0 Å². The number of amides is 1. The minimum Gasteiger partial charge on any atom is -0.322 e. The van der Waals surface area contributed by atoms with Crippen LogP contribution >= 0.6 is 34.8 Å². The molecule has 1 N–H and O–H groups in total. The van der Waals surface area contributed by atoms with Gasteiger partial charge in [0.05, 0.1) is 0 Å². The molecule has 1 amide bonds. The Kier molecular flexibility index (Phi) is 4.70. The zero-order chi connectivity index (χ0) is 13.8. The van der Waals surface area contributed by atoms with Crippen molar-refractivity contribution in [1.29, 1.82) is 0 Å². The van der Waals surface area contributed by atoms with E-state index in [0.717, 1.165) is 5.56 Å². The number of alkyl halides is 1. The zero-order valence-electron chi connectivity index (χ0n) is 9.79. The van der Waals surface area contributed by atoms with Crippen molar-refractivity contribution >= 4 is 46.4 Å². The second-order valence-corrected chi connectivity index (χ2v) is 5.04. The molecular weight excluding hydrogens is 305 g/mol. The average Bonchev–Trinajstić information content (AvgIpc) is 2.38. The van der Waals surface area contributed by atoms with Gasteiger partial charge in [-0.2, -0.15) is 0 Å². The van der Waals surface area contributed by atoms with Gasteiger partial charge >= 0.3 is 0 Å². The monoisotopic (exact) mass is 313 g/mol. The molecule has 2 aromatic carbocycles. The molecule has 0 aliphatic rings. The van der Waals surface area contributed by atoms with E-state index in [1.54, 1.807) is 24.3 Å². The van der Waals surface area contributed by atoms with Crippen LogP contribution in [0.15, 0.2) is 42.5 Å². The van der Waals surface area contributed by atoms with Crippen molar-refractivity contribution < 1.29 is 4.79 Å². The second kappa shape index (κ2) is 6.29. The molecule has 0 bridgehead atoms. The highest BCUT2D eigenvalue weighted by atomic mass is 35.5. The molecular formula is C14H10Cl3NO. The Balaban J connectivity index is 2.25. The highest BCUT2D eigenvalue weighted by Crippen LogP contribution is 2.22. The van der Waals surface area contributed by atoms with Crippen molar-refractivity contribution in [2.75, 3.05) is 5.32 Å². The molecule has 0 unspecified atom stereocenters. The van der Waals surface area contributed by atoms with Crippen LogP contribution in [0.4, 0.5) is 5.69 Å². The van der Waals surface area contributed by atoms with Crippen LogP contribution in [-0.4, -0.2) is 5.91 Å². The Morgan fingerprint density at radius 3 is 2.32 bits per heavy atom. The maximum Gasteiger partial charge on any atom is 0.255 e. The summed E-state index contributed by atoms with van der Waals surface area (Å²) < 4.78 is 0. The molecule has 0 saturated carbocycles. The first-order chi connectivity index (χ1) is 9.10. The molecule has 98 valence electrons. The number of hydrogen-bond donors (Lipinski definition) is 1. The first-order valence-corrected chi connectivity index (χ1v) is 6.80. The van der Waals surface area contributed by atoms with E-state index >= 15 is 0 Å². The maximum absolute atomic E-state index is 12.1. The highest BCUT2D eigenvalue weighted by molar-refractivity contribution is 6.35. The number of halogens is 3. The topological polar surface area (TPSA) is 29.1 Å². The van der Waals surface area contributed by atoms with Crippen molar-refractivity contribution in [3.05, 3.63) is 63.6 Å². The van der Waals surface area contributed by atoms with E-state index in [4.69, 9.17) is 34.8 Å². The summed E-state index contributed by atoms with van der Waals surface area (Å²) in [5.74, 6) is 0.0502. The lowest BCUT2D eigenvalue weighted by atomic mass is 10.1. The fourth-order valence-corrected chi connectivity index (χ4v) is 2.40. The minimum atomic E-state index is -0.276. The normalized spacial score (nSPS) is 10.3. The first-order valence-electron chi connectivity index (χ1n) is 5.51. The van der Waals surface area contributed by atoms with E-state index in [-0.39, 0.29) is 5.91 Å². The van der Waals surface area contributed by atoms with Gasteiger partial charge < -0.3 is 5.32 Å². The van der Waals surface area contributed by atoms with E-state index in [1.165, 1.54) is 0 Å². The van der Waals surface area contributed by atoms with Gasteiger partial charge in [0.2, 0.25) is 0 Å². The summed E-state index contributed by atoms with van der Waals surface area (Å²) in [6.07, 6.45) is 0. The van der Waals surface area contributed by atoms with Crippen LogP contribution in [0.1, 0.15) is 15.9 Å². The molecule has 0 fully saturated rings. The summed E-state index contributed by atoms with van der Waals surface area (Å²) >= 11 is 17.6. The summed E-state index contributed by atoms with van der Waals surface area (Å²) in [6.45, 7) is 0. The van der Waals surface area contributed by atoms with Gasteiger partial charge in [-0.3, -0.25) is 4.79 Å². The predicted octanol–water partition coefficient (Wildman–Crippen LogP) is 4.98. The van der Waals surface area contributed by atoms with Crippen LogP contribution < -0.4 is 5.32 Å². The highest BCUT2D eigenvalue weighted by Gasteiger charge is 2.10. The minimum absolute atomic E-state index is 0.276. The Bertz CT molecular complexity index is 593. The van der Waals surface area contributed by atoms with Gasteiger partial charge in [0, 0.05) is 27.2 Å². The zero-order valence-corrected chi connectivity index (χ0v) is 12.1. The van der Waals surface area contributed by atoms with E-state index < -0.39 is 0 Å². The van der Waals surface area contributed by atoms with Crippen LogP contribution in [-0.2, 0) is 5.88 Å². The van der Waals surface area contributed by atoms with Crippen LogP contribution in [0.25, 0.3) is 0 Å². The third-order valence-corrected chi connectivity index (χ3v) is 3.26. The lowest BCUT2D eigenvalue weighted by Crippen LogP contribution is -2.13. The molecule has 0 heterocycles. The summed E-state index contributed by atoms with van der Waals surface area (Å²) in [7, 11) is 0. The molecule has 2 nitrogen and oxygen atoms in total. The number of anilines is 1. The number of benzene rings is 2. The lowest BCUT2D eigenvalue weighted by Gasteiger charge is -2.09. The Labute approximate surface area is 126 Å². The third-order valence-electron chi connectivity index (χ3n) is 2.53. The summed E-state index contributed by atoms with van der Waals surface area (Å²) in [5, 5.41) is 3.63. The Morgan fingerprint density at radius 1 is 1.05 bits per heavy atom. The van der Waals surface area contributed by atoms with Gasteiger partial charge in [-0.25, -0.2) is 0 Å². The van der Waals surface area contributed by atoms with Gasteiger partial charge in [-0.05, 0) is 29.8 Å². The quantitative estimate of drug-likeness (QED) is 0.795. The number of carbonyl (C=O) groups excluding carboxylic acids is 1. The smallest absolute Gasteiger partial charge is 0.255 e. The molecule has 0 aromatic heterocycles. The van der Waals surface area contributed by atoms with E-state index in [1.807, 2.05) is 18.2 Å². The molecule has 5 heteroatoms. The molecule has 2 aromatic rings. The lowest BCUT2D eigenvalue weighted by molar-refractivity contribution is 0.102. The summed E-state index contributed by atoms with van der Waals surface area (Å²) in [5.41, 5.74) is 1.94. The molecule has 19 heavy (non-hydrogen) atoms. The number of nitrogens with one attached hydrogen (secondary N) is 1. The first kappa shape index (κ1) is 14.2. The Morgan fingerprint density at radius 2 is 1.68 bits per heavy atom. The molecule has 0 saturated heterocycles. The molecule has 0 radical (unpaired) electrons. The SMILES string of the molecule is O=C(Nc1ccccc1CCl)c1cc(Cl)cc(Cl)c1. The molecule has 0 aliphatic carbocycles. The molecule has 0 spiro atoms. The predicted molar refractivity (Wildman–Crippen MR) is 80.4 cm³/mol. The van der Waals surface area contributed by atoms with Crippen LogP contribution in [0.5, 0.6) is 0 Å². The van der Waals surface area contributed by atoms with Crippen molar-refractivity contribution in [3.63, 3.8) is 0 Å². The number of rotatable bonds is 3. The summed E-state index contributed by atoms with van der Waals surface area (Å²) in [4.78, 5) is 12.1. The van der Waals surface area contributed by atoms with E-state index in [9.17, 15) is 4.79 Å². The van der Waals surface area contributed by atoms with Gasteiger partial charge in [0.1, 0.15) is 0 Å². The second-order valence-electron chi connectivity index (χ2n) is 3.90. The number of carbonyl (C=O) groups is 1. The average molecular weight is 315 g/mol. The molecule has 2 rings (SSSR count). The largest absolute Gasteiger partial charge is 0.322 e. The van der Waals surface area contributed by atoms with Crippen molar-refractivity contribution in [1.82, 2.24) is 0 Å². The van der Waals surface area contributed by atoms with Crippen molar-refractivity contribution in [3.8, 4) is 0 Å². The molecule has 0 aliphatic heterocycles. The van der Waals surface area contributed by atoms with E-state index in [0.29, 0.717) is 27.2 Å². The van der Waals surface area contributed by atoms with Gasteiger partial charge in [-0.1, -0.05) is 41.4 Å². The van der Waals surface area contributed by atoms with Gasteiger partial charge in [0.25, 0.3) is 5.91 Å². The Hall–Kier alpha value is -1.22. The van der Waals surface area contributed by atoms with E-state index in [2.05, 4.69) is 5.32 Å². The standard InChI is InChI=1S/C14H10Cl3NO/c15-8-9-3-1-2-4-13(9)18-14(19)10-5-11(16)7-12(17)6-10/h1-7H,8H2,(H,18,19). The van der Waals surface area contributed by atoms with Crippen molar-refractivity contribution in [2.45, 2.75) is 5.88 Å². The van der Waals surface area contributed by atoms with Crippen LogP contribution in [0.2, 0.25) is 10.0 Å². The number of para-hydroxylation sites is 1. The molecule has 0 atom stereocenters. The maximum atomic E-state index is 12.1. The van der Waals surface area contributed by atoms with Crippen LogP contribution in [0, 0.1) is 0 Å². The van der Waals surface area contributed by atoms with Crippen molar-refractivity contribution in [2.24, 2.45) is 0 Å². The fourth-order valence-electron chi connectivity index (χ4n) is 1.64.